The summed E-state index contributed by atoms with van der Waals surface area (Å²) in [7, 11) is 0. The summed E-state index contributed by atoms with van der Waals surface area (Å²) in [5, 5.41) is 7.26. The number of alkyl halides is 1. The van der Waals surface area contributed by atoms with Crippen molar-refractivity contribution in [1.29, 1.82) is 0 Å². The molecule has 0 radical (unpaired) electrons. The summed E-state index contributed by atoms with van der Waals surface area (Å²) in [6.07, 6.45) is 3.91. The SMILES string of the molecule is CCN1CCCC1CNC(=O)c1cc(Oc2ccc3c(c2)N=C(Nc2ccc(Cl)cc2)I3CC)ccn1. The zero-order valence-corrected chi connectivity index (χ0v) is 23.9. The van der Waals surface area contributed by atoms with Gasteiger partial charge >= 0.3 is 193 Å². The van der Waals surface area contributed by atoms with E-state index in [1.165, 1.54) is 9.99 Å². The fourth-order valence-electron chi connectivity index (χ4n) is 4.67. The molecule has 1 saturated heterocycles. The summed E-state index contributed by atoms with van der Waals surface area (Å²) in [6.45, 7) is 7.13. The number of fused-ring (bicyclic) bond motifs is 1. The molecule has 0 saturated carbocycles. The van der Waals surface area contributed by atoms with Gasteiger partial charge in [0.1, 0.15) is 0 Å². The first kappa shape index (κ1) is 25.9. The van der Waals surface area contributed by atoms with Crippen LogP contribution in [0.3, 0.4) is 0 Å². The van der Waals surface area contributed by atoms with Crippen LogP contribution >= 0.6 is 31.4 Å². The second kappa shape index (κ2) is 11.8. The number of halogens is 2. The van der Waals surface area contributed by atoms with E-state index in [9.17, 15) is 4.79 Å². The Labute approximate surface area is 230 Å². The number of benzene rings is 2. The Morgan fingerprint density at radius 3 is 2.73 bits per heavy atom. The Bertz CT molecular complexity index is 1300. The van der Waals surface area contributed by atoms with Crippen molar-refractivity contribution in [3.8, 4) is 11.5 Å². The number of likely N-dealkylation sites (N-methyl/N-ethyl adjacent to an activating group) is 1. The van der Waals surface area contributed by atoms with Crippen molar-refractivity contribution in [3.05, 3.63) is 75.1 Å². The van der Waals surface area contributed by atoms with Crippen molar-refractivity contribution in [2.45, 2.75) is 32.7 Å². The van der Waals surface area contributed by atoms with E-state index in [1.54, 1.807) is 18.3 Å². The molecule has 0 spiro atoms. The van der Waals surface area contributed by atoms with Gasteiger partial charge in [-0.1, -0.05) is 6.92 Å². The summed E-state index contributed by atoms with van der Waals surface area (Å²) in [6, 6.07) is 17.6. The number of aromatic nitrogens is 1. The van der Waals surface area contributed by atoms with Crippen molar-refractivity contribution in [3.63, 3.8) is 0 Å². The van der Waals surface area contributed by atoms with Gasteiger partial charge in [0.2, 0.25) is 0 Å². The average Bonchev–Trinajstić information content (AvgIpc) is 3.51. The maximum atomic E-state index is 12.8. The zero-order chi connectivity index (χ0) is 25.8. The Balaban J connectivity index is 1.26. The van der Waals surface area contributed by atoms with E-state index in [2.05, 4.69) is 40.4 Å². The monoisotopic (exact) mass is 631 g/mol. The Kier molecular flexibility index (Phi) is 8.26. The molecular weight excluding hydrogens is 601 g/mol. The van der Waals surface area contributed by atoms with Crippen LogP contribution in [0.2, 0.25) is 5.02 Å². The van der Waals surface area contributed by atoms with Crippen LogP contribution in [0.15, 0.2) is 65.8 Å². The van der Waals surface area contributed by atoms with E-state index in [1.807, 2.05) is 36.4 Å². The van der Waals surface area contributed by atoms with Crippen LogP contribution in [-0.2, 0) is 0 Å². The van der Waals surface area contributed by atoms with Gasteiger partial charge in [0, 0.05) is 0 Å². The minimum absolute atomic E-state index is 0.178. The second-order valence-corrected chi connectivity index (χ2v) is 15.1. The second-order valence-electron chi connectivity index (χ2n) is 8.89. The van der Waals surface area contributed by atoms with Crippen molar-refractivity contribution in [2.24, 2.45) is 4.99 Å². The van der Waals surface area contributed by atoms with E-state index < -0.39 is 19.8 Å². The summed E-state index contributed by atoms with van der Waals surface area (Å²) in [5.41, 5.74) is 2.29. The van der Waals surface area contributed by atoms with E-state index in [0.717, 1.165) is 39.2 Å². The average molecular weight is 632 g/mol. The number of hydrogen-bond acceptors (Lipinski definition) is 6. The molecule has 1 aromatic heterocycles. The number of ether oxygens (including phenoxy) is 1. The first-order valence-corrected chi connectivity index (χ1v) is 16.7. The summed E-state index contributed by atoms with van der Waals surface area (Å²) >= 11 is 4.40. The Morgan fingerprint density at radius 2 is 1.95 bits per heavy atom. The fourth-order valence-corrected chi connectivity index (χ4v) is 9.64. The third kappa shape index (κ3) is 6.08. The van der Waals surface area contributed by atoms with Gasteiger partial charge in [-0.25, -0.2) is 0 Å². The molecule has 9 heteroatoms. The summed E-state index contributed by atoms with van der Waals surface area (Å²) in [4.78, 5) is 24.4. The van der Waals surface area contributed by atoms with Gasteiger partial charge in [0.15, 0.2) is 0 Å². The quantitative estimate of drug-likeness (QED) is 0.168. The van der Waals surface area contributed by atoms with Crippen molar-refractivity contribution in [2.75, 3.05) is 29.4 Å². The third-order valence-corrected chi connectivity index (χ3v) is 12.4. The van der Waals surface area contributed by atoms with Gasteiger partial charge in [0.05, 0.1) is 0 Å². The third-order valence-electron chi connectivity index (χ3n) is 6.56. The molecule has 1 unspecified atom stereocenters. The van der Waals surface area contributed by atoms with Gasteiger partial charge in [-0.2, -0.15) is 0 Å². The molecule has 0 aliphatic carbocycles. The number of likely N-dealkylation sites (tertiary alicyclic amines) is 1. The maximum absolute atomic E-state index is 12.8. The number of pyridine rings is 1. The number of carbonyl (C=O) groups is 1. The molecule has 1 amide bonds. The number of nitrogens with one attached hydrogen (secondary N) is 2. The van der Waals surface area contributed by atoms with E-state index in [4.69, 9.17) is 21.3 Å². The van der Waals surface area contributed by atoms with Gasteiger partial charge < -0.3 is 0 Å². The van der Waals surface area contributed by atoms with Gasteiger partial charge in [-0.05, 0) is 25.9 Å². The first-order chi connectivity index (χ1) is 18.0. The van der Waals surface area contributed by atoms with Gasteiger partial charge in [0.25, 0.3) is 0 Å². The van der Waals surface area contributed by atoms with E-state index in [0.29, 0.717) is 34.8 Å². The Hall–Kier alpha value is -2.69. The molecule has 2 aliphatic rings. The van der Waals surface area contributed by atoms with Crippen molar-refractivity contribution >= 4 is 52.5 Å². The van der Waals surface area contributed by atoms with Crippen molar-refractivity contribution < 1.29 is 9.53 Å². The first-order valence-electron chi connectivity index (χ1n) is 12.6. The van der Waals surface area contributed by atoms with Crippen LogP contribution in [0.5, 0.6) is 11.5 Å². The Morgan fingerprint density at radius 1 is 1.14 bits per heavy atom. The van der Waals surface area contributed by atoms with Crippen LogP contribution in [-0.4, -0.2) is 49.7 Å². The topological polar surface area (TPSA) is 78.9 Å². The van der Waals surface area contributed by atoms with Crippen molar-refractivity contribution in [1.82, 2.24) is 15.2 Å². The van der Waals surface area contributed by atoms with E-state index in [-0.39, 0.29) is 5.91 Å². The predicted octanol–water partition coefficient (Wildman–Crippen LogP) is 6.55. The number of aliphatic imine (C=N–C) groups is 1. The molecule has 37 heavy (non-hydrogen) atoms. The number of amides is 1. The van der Waals surface area contributed by atoms with Crippen LogP contribution in [0.25, 0.3) is 0 Å². The molecule has 3 heterocycles. The number of carbonyl (C=O) groups excluding carboxylic acids is 1. The molecular formula is C28H31ClIN5O2. The molecule has 1 atom stereocenters. The number of amidine groups is 1. The van der Waals surface area contributed by atoms with Crippen LogP contribution in [0.4, 0.5) is 11.4 Å². The number of anilines is 1. The molecule has 7 nitrogen and oxygen atoms in total. The van der Waals surface area contributed by atoms with Crippen LogP contribution < -0.4 is 15.4 Å². The summed E-state index contributed by atoms with van der Waals surface area (Å²) < 4.78 is 9.59. The normalized spacial score (nSPS) is 17.9. The zero-order valence-electron chi connectivity index (χ0n) is 21.0. The standard InChI is InChI=1S/C28H31ClIN5O2/c1-3-30-24-12-11-22(16-25(24)34-28(30)33-20-9-7-19(29)8-10-20)37-23-13-14-31-26(17-23)27(36)32-18-21-6-5-15-35(21)4-2/h7-14,16-17,21H,3-6,15,18H2,1-2H3,(H,32,36)(H,33,34). The van der Waals surface area contributed by atoms with Crippen LogP contribution in [0.1, 0.15) is 37.2 Å². The molecule has 194 valence electrons. The van der Waals surface area contributed by atoms with E-state index >= 15 is 0 Å². The molecule has 0 bridgehead atoms. The number of hydrogen-bond donors (Lipinski definition) is 2. The number of rotatable bonds is 8. The molecule has 3 aromatic rings. The summed E-state index contributed by atoms with van der Waals surface area (Å²) in [5.74, 6) is 1.08. The minimum atomic E-state index is -1.63. The molecule has 2 aromatic carbocycles. The van der Waals surface area contributed by atoms with Crippen LogP contribution in [0, 0.1) is 3.57 Å². The van der Waals surface area contributed by atoms with Gasteiger partial charge in [-0.15, -0.1) is 0 Å². The molecule has 2 N–H and O–H groups in total. The molecule has 2 aliphatic heterocycles. The molecule has 5 rings (SSSR count). The predicted molar refractivity (Wildman–Crippen MR) is 159 cm³/mol. The molecule has 1 fully saturated rings. The van der Waals surface area contributed by atoms with Gasteiger partial charge in [-0.3, -0.25) is 4.90 Å². The fraction of sp³-hybridized carbons (Fsp3) is 0.321. The number of nitrogens with zero attached hydrogens (tertiary/aromatic N) is 3.